The van der Waals surface area contributed by atoms with Crippen LogP contribution in [-0.2, 0) is 6.42 Å². The predicted molar refractivity (Wildman–Crippen MR) is 70.6 cm³/mol. The van der Waals surface area contributed by atoms with Crippen LogP contribution < -0.4 is 16.6 Å². The molecular weight excluding hydrogens is 231 g/mol. The molecule has 0 unspecified atom stereocenters. The second kappa shape index (κ2) is 5.97. The maximum Gasteiger partial charge on any atom is 0.141 e. The van der Waals surface area contributed by atoms with Gasteiger partial charge in [-0.25, -0.2) is 15.2 Å². The maximum atomic E-state index is 13.4. The van der Waals surface area contributed by atoms with Gasteiger partial charge < -0.3 is 10.7 Å². The second-order valence-corrected chi connectivity index (χ2v) is 3.84. The van der Waals surface area contributed by atoms with Crippen LogP contribution in [0.25, 0.3) is 0 Å². The van der Waals surface area contributed by atoms with E-state index in [4.69, 9.17) is 5.84 Å². The molecule has 18 heavy (non-hydrogen) atoms. The van der Waals surface area contributed by atoms with E-state index in [1.807, 2.05) is 12.1 Å². The minimum atomic E-state index is -0.168. The Hall–Kier alpha value is -2.14. The van der Waals surface area contributed by atoms with Gasteiger partial charge in [-0.15, -0.1) is 0 Å². The number of pyridine rings is 1. The molecule has 0 aliphatic carbocycles. The van der Waals surface area contributed by atoms with Crippen molar-refractivity contribution in [2.24, 2.45) is 5.84 Å². The molecule has 0 aliphatic heterocycles. The van der Waals surface area contributed by atoms with Crippen molar-refractivity contribution in [2.45, 2.75) is 6.42 Å². The molecule has 4 N–H and O–H groups in total. The molecule has 1 aromatic carbocycles. The minimum absolute atomic E-state index is 0.168. The zero-order valence-electron chi connectivity index (χ0n) is 9.86. The van der Waals surface area contributed by atoms with Gasteiger partial charge in [0.1, 0.15) is 11.6 Å². The average Bonchev–Trinajstić information content (AvgIpc) is 2.41. The van der Waals surface area contributed by atoms with Crippen molar-refractivity contribution in [3.05, 3.63) is 54.0 Å². The molecule has 94 valence electrons. The highest BCUT2D eigenvalue weighted by molar-refractivity contribution is 5.51. The van der Waals surface area contributed by atoms with E-state index >= 15 is 0 Å². The van der Waals surface area contributed by atoms with Crippen molar-refractivity contribution in [3.63, 3.8) is 0 Å². The fourth-order valence-corrected chi connectivity index (χ4v) is 1.66. The molecule has 2 aromatic rings. The van der Waals surface area contributed by atoms with Gasteiger partial charge in [-0.1, -0.05) is 18.2 Å². The molecule has 0 spiro atoms. The molecule has 0 aliphatic rings. The van der Waals surface area contributed by atoms with Gasteiger partial charge in [0.15, 0.2) is 0 Å². The molecule has 0 saturated carbocycles. The Labute approximate surface area is 105 Å². The highest BCUT2D eigenvalue weighted by Gasteiger charge is 2.00. The van der Waals surface area contributed by atoms with E-state index in [9.17, 15) is 4.39 Å². The summed E-state index contributed by atoms with van der Waals surface area (Å²) in [6.45, 7) is 0.648. The lowest BCUT2D eigenvalue weighted by molar-refractivity contribution is 0.610. The standard InChI is InChI=1S/C13H15FN4/c14-12-4-2-1-3-10(12)5-7-16-11-6-8-17-13(9-11)18-15/h1-4,6,8-9H,5,7,15H2,(H2,16,17,18). The highest BCUT2D eigenvalue weighted by Crippen LogP contribution is 2.12. The number of nitrogen functional groups attached to an aromatic ring is 1. The van der Waals surface area contributed by atoms with Crippen LogP contribution in [0, 0.1) is 5.82 Å². The monoisotopic (exact) mass is 246 g/mol. The van der Waals surface area contributed by atoms with E-state index < -0.39 is 0 Å². The lowest BCUT2D eigenvalue weighted by Crippen LogP contribution is -2.10. The summed E-state index contributed by atoms with van der Waals surface area (Å²) >= 11 is 0. The Kier molecular flexibility index (Phi) is 4.09. The molecule has 0 radical (unpaired) electrons. The normalized spacial score (nSPS) is 10.1. The van der Waals surface area contributed by atoms with Crippen molar-refractivity contribution in [3.8, 4) is 0 Å². The van der Waals surface area contributed by atoms with Gasteiger partial charge in [0.2, 0.25) is 0 Å². The smallest absolute Gasteiger partial charge is 0.141 e. The maximum absolute atomic E-state index is 13.4. The number of nitrogens with one attached hydrogen (secondary N) is 2. The first-order chi connectivity index (χ1) is 8.79. The Balaban J connectivity index is 1.90. The SMILES string of the molecule is NNc1cc(NCCc2ccccc2F)ccn1. The first-order valence-electron chi connectivity index (χ1n) is 5.69. The summed E-state index contributed by atoms with van der Waals surface area (Å²) in [4.78, 5) is 4.00. The summed E-state index contributed by atoms with van der Waals surface area (Å²) in [5.41, 5.74) is 4.08. The number of nitrogens with two attached hydrogens (primary N) is 1. The van der Waals surface area contributed by atoms with Crippen molar-refractivity contribution in [1.29, 1.82) is 0 Å². The predicted octanol–water partition coefficient (Wildman–Crippen LogP) is 2.16. The van der Waals surface area contributed by atoms with Gasteiger partial charge in [0.05, 0.1) is 0 Å². The van der Waals surface area contributed by atoms with Crippen molar-refractivity contribution in [2.75, 3.05) is 17.3 Å². The quantitative estimate of drug-likeness (QED) is 0.559. The molecule has 0 atom stereocenters. The van der Waals surface area contributed by atoms with E-state index in [1.165, 1.54) is 6.07 Å². The number of hydrazine groups is 1. The number of hydrogen-bond acceptors (Lipinski definition) is 4. The van der Waals surface area contributed by atoms with Gasteiger partial charge >= 0.3 is 0 Å². The summed E-state index contributed by atoms with van der Waals surface area (Å²) in [6, 6.07) is 10.4. The molecule has 0 fully saturated rings. The van der Waals surface area contributed by atoms with Crippen LogP contribution in [-0.4, -0.2) is 11.5 Å². The van der Waals surface area contributed by atoms with Crippen molar-refractivity contribution < 1.29 is 4.39 Å². The van der Waals surface area contributed by atoms with Crippen LogP contribution in [0.2, 0.25) is 0 Å². The molecule has 5 heteroatoms. The Morgan fingerprint density at radius 1 is 1.22 bits per heavy atom. The third-order valence-electron chi connectivity index (χ3n) is 2.59. The van der Waals surface area contributed by atoms with Crippen LogP contribution in [0.5, 0.6) is 0 Å². The Bertz CT molecular complexity index is 516. The molecule has 4 nitrogen and oxygen atoms in total. The third-order valence-corrected chi connectivity index (χ3v) is 2.59. The molecule has 1 aromatic heterocycles. The van der Waals surface area contributed by atoms with E-state index in [0.717, 1.165) is 5.69 Å². The summed E-state index contributed by atoms with van der Waals surface area (Å²) < 4.78 is 13.4. The average molecular weight is 246 g/mol. The van der Waals surface area contributed by atoms with E-state index in [-0.39, 0.29) is 5.82 Å². The molecule has 0 amide bonds. The van der Waals surface area contributed by atoms with Crippen LogP contribution in [0.1, 0.15) is 5.56 Å². The number of nitrogens with zero attached hydrogens (tertiary/aromatic N) is 1. The van der Waals surface area contributed by atoms with E-state index in [2.05, 4.69) is 15.7 Å². The lowest BCUT2D eigenvalue weighted by Gasteiger charge is -2.08. The molecule has 0 bridgehead atoms. The highest BCUT2D eigenvalue weighted by atomic mass is 19.1. The number of halogens is 1. The number of aromatic nitrogens is 1. The van der Waals surface area contributed by atoms with Crippen LogP contribution in [0.15, 0.2) is 42.6 Å². The Morgan fingerprint density at radius 3 is 2.83 bits per heavy atom. The number of rotatable bonds is 5. The van der Waals surface area contributed by atoms with Crippen LogP contribution >= 0.6 is 0 Å². The van der Waals surface area contributed by atoms with Gasteiger partial charge in [-0.2, -0.15) is 0 Å². The zero-order valence-corrected chi connectivity index (χ0v) is 9.86. The van der Waals surface area contributed by atoms with Crippen LogP contribution in [0.4, 0.5) is 15.9 Å². The summed E-state index contributed by atoms with van der Waals surface area (Å²) in [5, 5.41) is 3.19. The molecule has 0 saturated heterocycles. The first kappa shape index (κ1) is 12.3. The molecular formula is C13H15FN4. The summed E-state index contributed by atoms with van der Waals surface area (Å²) in [7, 11) is 0. The summed E-state index contributed by atoms with van der Waals surface area (Å²) in [6.07, 6.45) is 2.28. The topological polar surface area (TPSA) is 63.0 Å². The van der Waals surface area contributed by atoms with E-state index in [0.29, 0.717) is 24.3 Å². The number of anilines is 2. The number of hydrogen-bond donors (Lipinski definition) is 3. The first-order valence-corrected chi connectivity index (χ1v) is 5.69. The van der Waals surface area contributed by atoms with Crippen LogP contribution in [0.3, 0.4) is 0 Å². The zero-order chi connectivity index (χ0) is 12.8. The van der Waals surface area contributed by atoms with Gasteiger partial charge in [-0.3, -0.25) is 0 Å². The fourth-order valence-electron chi connectivity index (χ4n) is 1.66. The number of benzene rings is 1. The third kappa shape index (κ3) is 3.18. The molecule has 1 heterocycles. The summed E-state index contributed by atoms with van der Waals surface area (Å²) in [5.74, 6) is 5.69. The van der Waals surface area contributed by atoms with Gasteiger partial charge in [0.25, 0.3) is 0 Å². The second-order valence-electron chi connectivity index (χ2n) is 3.84. The van der Waals surface area contributed by atoms with Gasteiger partial charge in [-0.05, 0) is 24.1 Å². The Morgan fingerprint density at radius 2 is 2.06 bits per heavy atom. The molecule has 2 rings (SSSR count). The minimum Gasteiger partial charge on any atom is -0.385 e. The van der Waals surface area contributed by atoms with Crippen molar-refractivity contribution in [1.82, 2.24) is 4.98 Å². The lowest BCUT2D eigenvalue weighted by atomic mass is 10.1. The van der Waals surface area contributed by atoms with Crippen molar-refractivity contribution >= 4 is 11.5 Å². The van der Waals surface area contributed by atoms with E-state index in [1.54, 1.807) is 24.4 Å². The fraction of sp³-hybridized carbons (Fsp3) is 0.154. The largest absolute Gasteiger partial charge is 0.385 e. The van der Waals surface area contributed by atoms with Gasteiger partial charge in [0, 0.05) is 24.5 Å².